The van der Waals surface area contributed by atoms with Crippen LogP contribution >= 0.6 is 11.6 Å². The number of hydrazone groups is 1. The molecule has 0 atom stereocenters. The highest BCUT2D eigenvalue weighted by atomic mass is 35.5. The highest BCUT2D eigenvalue weighted by Gasteiger charge is 2.28. The maximum Gasteiger partial charge on any atom is 0.291 e. The Hall–Kier alpha value is -3.98. The van der Waals surface area contributed by atoms with Gasteiger partial charge in [0.2, 0.25) is 0 Å². The molecule has 2 N–H and O–H groups in total. The summed E-state index contributed by atoms with van der Waals surface area (Å²) < 4.78 is 5.88. The monoisotopic (exact) mass is 480 g/mol. The van der Waals surface area contributed by atoms with Crippen LogP contribution in [-0.4, -0.2) is 22.4 Å². The fourth-order valence-electron chi connectivity index (χ4n) is 3.80. The number of amides is 2. The van der Waals surface area contributed by atoms with Crippen LogP contribution in [0.5, 0.6) is 0 Å². The van der Waals surface area contributed by atoms with Crippen LogP contribution in [0, 0.1) is 24.0 Å². The van der Waals surface area contributed by atoms with E-state index in [-0.39, 0.29) is 27.9 Å². The van der Waals surface area contributed by atoms with Gasteiger partial charge in [-0.2, -0.15) is 5.10 Å². The molecule has 1 aliphatic carbocycles. The number of anilines is 1. The molecule has 9 nitrogen and oxygen atoms in total. The lowest BCUT2D eigenvalue weighted by Gasteiger charge is -2.13. The molecule has 4 rings (SSSR count). The number of furan rings is 1. The third-order valence-corrected chi connectivity index (χ3v) is 5.86. The van der Waals surface area contributed by atoms with Crippen molar-refractivity contribution >= 4 is 40.5 Å². The van der Waals surface area contributed by atoms with Gasteiger partial charge in [-0.3, -0.25) is 19.7 Å². The number of hydrogen-bond acceptors (Lipinski definition) is 6. The Labute approximate surface area is 199 Å². The molecule has 3 aromatic rings. The van der Waals surface area contributed by atoms with E-state index in [0.29, 0.717) is 41.1 Å². The number of nitrogens with one attached hydrogen (secondary N) is 2. The van der Waals surface area contributed by atoms with Crippen LogP contribution in [0.25, 0.3) is 0 Å². The van der Waals surface area contributed by atoms with E-state index in [1.165, 1.54) is 12.1 Å². The second kappa shape index (κ2) is 9.48. The number of nitro benzene ring substituents is 1. The molecule has 10 heteroatoms. The number of benzene rings is 2. The molecule has 0 unspecified atom stereocenters. The molecule has 0 radical (unpaired) electrons. The predicted molar refractivity (Wildman–Crippen MR) is 128 cm³/mol. The Kier molecular flexibility index (Phi) is 6.47. The molecule has 0 saturated carbocycles. The number of rotatable bonds is 5. The van der Waals surface area contributed by atoms with E-state index in [0.717, 1.165) is 18.1 Å². The largest absolute Gasteiger partial charge is 0.455 e. The van der Waals surface area contributed by atoms with Crippen LogP contribution in [0.3, 0.4) is 0 Å². The molecule has 1 aromatic heterocycles. The van der Waals surface area contributed by atoms with Crippen molar-refractivity contribution in [2.24, 2.45) is 5.10 Å². The summed E-state index contributed by atoms with van der Waals surface area (Å²) in [6.07, 6.45) is 1.96. The van der Waals surface area contributed by atoms with E-state index in [1.54, 1.807) is 6.92 Å². The van der Waals surface area contributed by atoms with Crippen molar-refractivity contribution in [3.63, 3.8) is 0 Å². The van der Waals surface area contributed by atoms with Crippen LogP contribution in [0.4, 0.5) is 11.4 Å². The first-order valence-electron chi connectivity index (χ1n) is 10.6. The molecule has 0 bridgehead atoms. The highest BCUT2D eigenvalue weighted by molar-refractivity contribution is 6.32. The van der Waals surface area contributed by atoms with Crippen molar-refractivity contribution < 1.29 is 18.9 Å². The van der Waals surface area contributed by atoms with Gasteiger partial charge in [0.05, 0.1) is 10.6 Å². The molecule has 34 heavy (non-hydrogen) atoms. The fraction of sp³-hybridized carbons (Fsp3) is 0.208. The fourth-order valence-corrected chi connectivity index (χ4v) is 3.98. The van der Waals surface area contributed by atoms with Crippen LogP contribution in [0.2, 0.25) is 5.02 Å². The minimum absolute atomic E-state index is 0.0542. The number of hydrogen-bond donors (Lipinski definition) is 2. The number of halogens is 1. The van der Waals surface area contributed by atoms with E-state index in [1.807, 2.05) is 31.2 Å². The zero-order valence-electron chi connectivity index (χ0n) is 18.5. The van der Waals surface area contributed by atoms with Crippen LogP contribution in [0.15, 0.2) is 52.0 Å². The summed E-state index contributed by atoms with van der Waals surface area (Å²) in [7, 11) is 0. The van der Waals surface area contributed by atoms with Gasteiger partial charge in [0.1, 0.15) is 10.8 Å². The summed E-state index contributed by atoms with van der Waals surface area (Å²) in [5.74, 6) is -0.154. The third kappa shape index (κ3) is 4.69. The second-order valence-electron chi connectivity index (χ2n) is 7.95. The summed E-state index contributed by atoms with van der Waals surface area (Å²) >= 11 is 5.81. The Morgan fingerprint density at radius 2 is 1.82 bits per heavy atom. The first-order chi connectivity index (χ1) is 16.2. The van der Waals surface area contributed by atoms with Crippen molar-refractivity contribution in [3.05, 3.63) is 91.4 Å². The molecular weight excluding hydrogens is 460 g/mol. The molecule has 0 aliphatic heterocycles. The molecule has 174 valence electrons. The maximum absolute atomic E-state index is 12.8. The van der Waals surface area contributed by atoms with Crippen molar-refractivity contribution in [2.45, 2.75) is 33.1 Å². The normalized spacial score (nSPS) is 13.9. The van der Waals surface area contributed by atoms with Crippen molar-refractivity contribution in [3.8, 4) is 0 Å². The average molecular weight is 481 g/mol. The number of carbonyl (C=O) groups is 2. The second-order valence-corrected chi connectivity index (χ2v) is 8.36. The lowest BCUT2D eigenvalue weighted by Crippen LogP contribution is -2.22. The highest BCUT2D eigenvalue weighted by Crippen LogP contribution is 2.30. The number of fused-ring (bicyclic) bond motifs is 1. The first-order valence-corrected chi connectivity index (χ1v) is 10.9. The Balaban J connectivity index is 1.56. The van der Waals surface area contributed by atoms with Gasteiger partial charge < -0.3 is 9.73 Å². The molecule has 0 saturated heterocycles. The number of aryl methyl sites for hydroxylation is 2. The van der Waals surface area contributed by atoms with Crippen molar-refractivity contribution in [1.29, 1.82) is 0 Å². The molecule has 1 heterocycles. The lowest BCUT2D eigenvalue weighted by atomic mass is 9.93. The maximum atomic E-state index is 12.8. The zero-order valence-corrected chi connectivity index (χ0v) is 19.2. The van der Waals surface area contributed by atoms with E-state index in [2.05, 4.69) is 15.8 Å². The van der Waals surface area contributed by atoms with E-state index < -0.39 is 10.8 Å². The van der Waals surface area contributed by atoms with Crippen molar-refractivity contribution in [2.75, 3.05) is 5.32 Å². The molecule has 0 spiro atoms. The minimum atomic E-state index is -0.656. The molecule has 2 amide bonds. The third-order valence-electron chi connectivity index (χ3n) is 5.54. The van der Waals surface area contributed by atoms with Gasteiger partial charge in [0.15, 0.2) is 5.76 Å². The number of carbonyl (C=O) groups excluding carboxylic acids is 2. The first kappa shape index (κ1) is 23.2. The van der Waals surface area contributed by atoms with Crippen LogP contribution in [0.1, 0.15) is 56.2 Å². The van der Waals surface area contributed by atoms with Crippen LogP contribution < -0.4 is 10.7 Å². The smallest absolute Gasteiger partial charge is 0.291 e. The van der Waals surface area contributed by atoms with Gasteiger partial charge >= 0.3 is 0 Å². The molecule has 2 aromatic carbocycles. The molecule has 1 aliphatic rings. The quantitative estimate of drug-likeness (QED) is 0.384. The van der Waals surface area contributed by atoms with Gasteiger partial charge in [-0.05, 0) is 51.0 Å². The Morgan fingerprint density at radius 3 is 2.53 bits per heavy atom. The lowest BCUT2D eigenvalue weighted by molar-refractivity contribution is -0.384. The average Bonchev–Trinajstić information content (AvgIpc) is 3.16. The zero-order chi connectivity index (χ0) is 24.4. The summed E-state index contributed by atoms with van der Waals surface area (Å²) in [6, 6.07) is 11.2. The number of nitro groups is 1. The summed E-state index contributed by atoms with van der Waals surface area (Å²) in [6.45, 7) is 3.74. The van der Waals surface area contributed by atoms with Gasteiger partial charge in [-0.15, -0.1) is 0 Å². The van der Waals surface area contributed by atoms with E-state index >= 15 is 0 Å². The van der Waals surface area contributed by atoms with Gasteiger partial charge in [-0.25, -0.2) is 5.43 Å². The molecular formula is C24H21ClN4O5. The van der Waals surface area contributed by atoms with Gasteiger partial charge in [0, 0.05) is 34.9 Å². The summed E-state index contributed by atoms with van der Waals surface area (Å²) in [4.78, 5) is 35.8. The minimum Gasteiger partial charge on any atom is -0.455 e. The Morgan fingerprint density at radius 1 is 1.09 bits per heavy atom. The summed E-state index contributed by atoms with van der Waals surface area (Å²) in [5, 5.41) is 18.1. The van der Waals surface area contributed by atoms with Crippen molar-refractivity contribution in [1.82, 2.24) is 5.43 Å². The van der Waals surface area contributed by atoms with Gasteiger partial charge in [0.25, 0.3) is 17.5 Å². The number of nitrogens with zero attached hydrogens (tertiary/aromatic N) is 2. The standard InChI is InChI=1S/C24H21ClN4O5/c1-13-6-9-16(10-7-13)26-24(31)22-14(2)21-18(4-3-5-20(21)34-22)27-28-23(30)15-8-11-17(25)19(12-15)29(32)33/h6-12H,3-5H2,1-2H3,(H,26,31)(H,28,30)/b27-18+. The van der Waals surface area contributed by atoms with E-state index in [9.17, 15) is 19.7 Å². The SMILES string of the molecule is Cc1ccc(NC(=O)c2oc3c(c2C)/C(=N/NC(=O)c2ccc(Cl)c([N+](=O)[O-])c2)CCC3)cc1. The topological polar surface area (TPSA) is 127 Å². The van der Waals surface area contributed by atoms with Crippen LogP contribution in [-0.2, 0) is 6.42 Å². The van der Waals surface area contributed by atoms with E-state index in [4.69, 9.17) is 16.0 Å². The predicted octanol–water partition coefficient (Wildman–Crippen LogP) is 5.18. The Bertz CT molecular complexity index is 1330. The van der Waals surface area contributed by atoms with Gasteiger partial charge in [-0.1, -0.05) is 29.3 Å². The molecule has 0 fully saturated rings. The summed E-state index contributed by atoms with van der Waals surface area (Å²) in [5.41, 5.74) is 5.78.